The Kier molecular flexibility index (Phi) is 23.9. The summed E-state index contributed by atoms with van der Waals surface area (Å²) < 4.78 is 4.75. The zero-order valence-corrected chi connectivity index (χ0v) is 10.2. The van der Waals surface area contributed by atoms with Gasteiger partial charge >= 0.3 is 6.03 Å². The first-order valence-electron chi connectivity index (χ1n) is 4.49. The average molecular weight is 204 g/mol. The third-order valence-corrected chi connectivity index (χ3v) is 0.926. The second-order valence-electron chi connectivity index (χ2n) is 2.52. The largest absolute Gasteiger partial charge is 0.382 e. The Morgan fingerprint density at radius 3 is 1.57 bits per heavy atom. The SMILES string of the molecule is C=CC.CNC(=O)NC.COC(C)C. The van der Waals surface area contributed by atoms with Crippen LogP contribution in [0.4, 0.5) is 4.79 Å². The van der Waals surface area contributed by atoms with Gasteiger partial charge in [0, 0.05) is 21.2 Å². The van der Waals surface area contributed by atoms with E-state index >= 15 is 0 Å². The Labute approximate surface area is 87.7 Å². The number of hydrogen-bond acceptors (Lipinski definition) is 2. The minimum absolute atomic E-state index is 0.157. The first-order chi connectivity index (χ1) is 6.49. The lowest BCUT2D eigenvalue weighted by molar-refractivity contribution is 0.134. The van der Waals surface area contributed by atoms with E-state index in [-0.39, 0.29) is 6.03 Å². The predicted molar refractivity (Wildman–Crippen MR) is 61.5 cm³/mol. The highest BCUT2D eigenvalue weighted by atomic mass is 16.5. The fourth-order valence-electron chi connectivity index (χ4n) is 0.125. The number of carbonyl (C=O) groups excluding carboxylic acids is 1. The van der Waals surface area contributed by atoms with Crippen molar-refractivity contribution in [2.24, 2.45) is 0 Å². The van der Waals surface area contributed by atoms with Crippen LogP contribution in [-0.4, -0.2) is 33.3 Å². The maximum atomic E-state index is 9.96. The first-order valence-corrected chi connectivity index (χ1v) is 4.49. The average Bonchev–Trinajstić information content (AvgIpc) is 2.18. The molecule has 2 N–H and O–H groups in total. The molecule has 86 valence electrons. The molecule has 0 aliphatic carbocycles. The lowest BCUT2D eigenvalue weighted by Crippen LogP contribution is -2.28. The van der Waals surface area contributed by atoms with Crippen molar-refractivity contribution in [2.75, 3.05) is 21.2 Å². The van der Waals surface area contributed by atoms with Crippen molar-refractivity contribution in [2.45, 2.75) is 26.9 Å². The van der Waals surface area contributed by atoms with E-state index in [1.165, 1.54) is 0 Å². The van der Waals surface area contributed by atoms with Crippen LogP contribution < -0.4 is 10.6 Å². The van der Waals surface area contributed by atoms with E-state index in [0.29, 0.717) is 6.10 Å². The molecule has 0 spiro atoms. The van der Waals surface area contributed by atoms with Crippen LogP contribution in [0.2, 0.25) is 0 Å². The quantitative estimate of drug-likeness (QED) is 0.640. The van der Waals surface area contributed by atoms with Crippen LogP contribution in [-0.2, 0) is 4.74 Å². The number of hydrogen-bond donors (Lipinski definition) is 2. The summed E-state index contributed by atoms with van der Waals surface area (Å²) in [5, 5.41) is 4.73. The van der Waals surface area contributed by atoms with Gasteiger partial charge in [0.2, 0.25) is 0 Å². The molecule has 0 radical (unpaired) electrons. The number of urea groups is 1. The van der Waals surface area contributed by atoms with Crippen LogP contribution in [0.15, 0.2) is 12.7 Å². The Morgan fingerprint density at radius 2 is 1.57 bits per heavy atom. The van der Waals surface area contributed by atoms with Crippen LogP contribution in [0.25, 0.3) is 0 Å². The van der Waals surface area contributed by atoms with E-state index < -0.39 is 0 Å². The van der Waals surface area contributed by atoms with Gasteiger partial charge in [-0.1, -0.05) is 6.08 Å². The van der Waals surface area contributed by atoms with Crippen LogP contribution >= 0.6 is 0 Å². The van der Waals surface area contributed by atoms with Crippen LogP contribution in [0.1, 0.15) is 20.8 Å². The van der Waals surface area contributed by atoms with Crippen molar-refractivity contribution in [3.8, 4) is 0 Å². The van der Waals surface area contributed by atoms with Gasteiger partial charge in [-0.2, -0.15) is 0 Å². The summed E-state index contributed by atoms with van der Waals surface area (Å²) in [6, 6.07) is -0.157. The molecule has 0 saturated carbocycles. The zero-order chi connectivity index (χ0) is 12.0. The molecule has 0 rings (SSSR count). The molecule has 0 bridgehead atoms. The number of methoxy groups -OCH3 is 1. The van der Waals surface area contributed by atoms with Crippen molar-refractivity contribution in [3.63, 3.8) is 0 Å². The summed E-state index contributed by atoms with van der Waals surface area (Å²) in [4.78, 5) is 9.96. The second-order valence-corrected chi connectivity index (χ2v) is 2.52. The highest BCUT2D eigenvalue weighted by Gasteiger charge is 1.81. The van der Waals surface area contributed by atoms with Crippen LogP contribution in [0, 0.1) is 0 Å². The second kappa shape index (κ2) is 17.9. The van der Waals surface area contributed by atoms with E-state index in [4.69, 9.17) is 4.74 Å². The molecule has 4 heteroatoms. The first kappa shape index (κ1) is 18.7. The molecule has 0 aliphatic heterocycles. The van der Waals surface area contributed by atoms with Gasteiger partial charge in [-0.15, -0.1) is 6.58 Å². The van der Waals surface area contributed by atoms with Gasteiger partial charge in [-0.25, -0.2) is 4.79 Å². The van der Waals surface area contributed by atoms with Gasteiger partial charge in [-0.3, -0.25) is 0 Å². The van der Waals surface area contributed by atoms with E-state index in [1.807, 2.05) is 20.8 Å². The molecular formula is C10H24N2O2. The molecule has 0 aromatic carbocycles. The highest BCUT2D eigenvalue weighted by molar-refractivity contribution is 5.72. The van der Waals surface area contributed by atoms with Crippen LogP contribution in [0.5, 0.6) is 0 Å². The molecule has 0 aromatic rings. The van der Waals surface area contributed by atoms with E-state index in [2.05, 4.69) is 17.2 Å². The summed E-state index contributed by atoms with van der Waals surface area (Å²) in [6.07, 6.45) is 2.13. The fourth-order valence-corrected chi connectivity index (χ4v) is 0.125. The zero-order valence-electron chi connectivity index (χ0n) is 10.2. The maximum absolute atomic E-state index is 9.96. The monoisotopic (exact) mass is 204 g/mol. The van der Waals surface area contributed by atoms with Crippen molar-refractivity contribution in [3.05, 3.63) is 12.7 Å². The summed E-state index contributed by atoms with van der Waals surface area (Å²) in [7, 11) is 4.84. The molecule has 0 unspecified atom stereocenters. The van der Waals surface area contributed by atoms with Crippen molar-refractivity contribution in [1.82, 2.24) is 10.6 Å². The Hall–Kier alpha value is -1.03. The number of allylic oxidation sites excluding steroid dienone is 1. The molecule has 0 aliphatic rings. The van der Waals surface area contributed by atoms with Crippen molar-refractivity contribution in [1.29, 1.82) is 0 Å². The molecule has 0 aromatic heterocycles. The van der Waals surface area contributed by atoms with Crippen molar-refractivity contribution >= 4 is 6.03 Å². The standard InChI is InChI=1S/C4H10O.C3H8N2O.C3H6/c1-4(2)5-3;1-4-3(6)5-2;1-3-2/h4H,1-3H3;1-2H3,(H2,4,5,6);3H,1H2,2H3. The summed E-state index contributed by atoms with van der Waals surface area (Å²) in [6.45, 7) is 9.25. The number of amides is 2. The normalized spacial score (nSPS) is 7.36. The maximum Gasteiger partial charge on any atom is 0.314 e. The molecule has 2 amide bonds. The number of rotatable bonds is 1. The molecule has 0 saturated heterocycles. The summed E-state index contributed by atoms with van der Waals surface area (Å²) >= 11 is 0. The van der Waals surface area contributed by atoms with Gasteiger partial charge in [0.05, 0.1) is 6.10 Å². The third-order valence-electron chi connectivity index (χ3n) is 0.926. The van der Waals surface area contributed by atoms with E-state index in [0.717, 1.165) is 0 Å². The topological polar surface area (TPSA) is 50.4 Å². The van der Waals surface area contributed by atoms with E-state index in [1.54, 1.807) is 27.3 Å². The molecule has 4 nitrogen and oxygen atoms in total. The molecule has 0 heterocycles. The van der Waals surface area contributed by atoms with Gasteiger partial charge in [0.15, 0.2) is 0 Å². The minimum Gasteiger partial charge on any atom is -0.382 e. The number of carbonyl (C=O) groups is 1. The highest BCUT2D eigenvalue weighted by Crippen LogP contribution is 1.77. The Morgan fingerprint density at radius 1 is 1.36 bits per heavy atom. The minimum atomic E-state index is -0.157. The van der Waals surface area contributed by atoms with Crippen molar-refractivity contribution < 1.29 is 9.53 Å². The molecular weight excluding hydrogens is 180 g/mol. The number of nitrogens with one attached hydrogen (secondary N) is 2. The number of ether oxygens (including phenoxy) is 1. The Bertz CT molecular complexity index is 119. The third kappa shape index (κ3) is 44.1. The smallest absolute Gasteiger partial charge is 0.314 e. The molecule has 14 heavy (non-hydrogen) atoms. The van der Waals surface area contributed by atoms with Gasteiger partial charge in [0.1, 0.15) is 0 Å². The fraction of sp³-hybridized carbons (Fsp3) is 0.700. The lowest BCUT2D eigenvalue weighted by atomic mass is 10.5. The lowest BCUT2D eigenvalue weighted by Gasteiger charge is -1.94. The van der Waals surface area contributed by atoms with Crippen LogP contribution in [0.3, 0.4) is 0 Å². The molecule has 0 fully saturated rings. The van der Waals surface area contributed by atoms with E-state index in [9.17, 15) is 4.79 Å². The van der Waals surface area contributed by atoms with Gasteiger partial charge in [0.25, 0.3) is 0 Å². The Balaban J connectivity index is -0.000000138. The summed E-state index contributed by atoms with van der Waals surface area (Å²) in [5.41, 5.74) is 0. The predicted octanol–water partition coefficient (Wildman–Crippen LogP) is 1.78. The van der Waals surface area contributed by atoms with Gasteiger partial charge < -0.3 is 15.4 Å². The molecule has 0 atom stereocenters. The summed E-state index contributed by atoms with van der Waals surface area (Å²) in [5.74, 6) is 0. The van der Waals surface area contributed by atoms with Gasteiger partial charge in [-0.05, 0) is 20.8 Å².